The summed E-state index contributed by atoms with van der Waals surface area (Å²) in [6, 6.07) is 3.17. The topological polar surface area (TPSA) is 75.7 Å². The number of sulfonamides is 1. The summed E-state index contributed by atoms with van der Waals surface area (Å²) in [5.74, 6) is -0.364. The smallest absolute Gasteiger partial charge is 0.252 e. The first-order chi connectivity index (χ1) is 9.84. The molecular formula is C13H20N2O4S2. The predicted octanol–water partition coefficient (Wildman–Crippen LogP) is 1.08. The Kier molecular flexibility index (Phi) is 7.03. The van der Waals surface area contributed by atoms with E-state index in [0.717, 1.165) is 21.2 Å². The maximum absolute atomic E-state index is 12.1. The summed E-state index contributed by atoms with van der Waals surface area (Å²) >= 11 is 1.12. The summed E-state index contributed by atoms with van der Waals surface area (Å²) in [6.45, 7) is 6.46. The number of likely N-dealkylation sites (N-methyl/N-ethyl adjacent to an activating group) is 1. The van der Waals surface area contributed by atoms with Crippen molar-refractivity contribution < 1.29 is 17.9 Å². The molecule has 0 bridgehead atoms. The van der Waals surface area contributed by atoms with Crippen LogP contribution in [0.3, 0.4) is 0 Å². The summed E-state index contributed by atoms with van der Waals surface area (Å²) in [4.78, 5) is 11.7. The van der Waals surface area contributed by atoms with Gasteiger partial charge in [0, 0.05) is 13.6 Å². The number of hydrogen-bond acceptors (Lipinski definition) is 5. The largest absolute Gasteiger partial charge is 0.375 e. The molecule has 0 aromatic carbocycles. The molecule has 0 saturated carbocycles. The van der Waals surface area contributed by atoms with Gasteiger partial charge in [0.2, 0.25) is 5.91 Å². The van der Waals surface area contributed by atoms with Crippen molar-refractivity contribution in [1.29, 1.82) is 0 Å². The zero-order valence-electron chi connectivity index (χ0n) is 12.2. The van der Waals surface area contributed by atoms with E-state index in [9.17, 15) is 13.2 Å². The van der Waals surface area contributed by atoms with Crippen molar-refractivity contribution in [2.45, 2.75) is 11.1 Å². The van der Waals surface area contributed by atoms with Gasteiger partial charge in [0.15, 0.2) is 0 Å². The molecule has 8 heteroatoms. The highest BCUT2D eigenvalue weighted by molar-refractivity contribution is 7.91. The Morgan fingerprint density at radius 1 is 1.52 bits per heavy atom. The van der Waals surface area contributed by atoms with Crippen molar-refractivity contribution in [1.82, 2.24) is 9.62 Å². The molecule has 0 atom stereocenters. The summed E-state index contributed by atoms with van der Waals surface area (Å²) in [6.07, 6.45) is 0. The van der Waals surface area contributed by atoms with Crippen LogP contribution in [0.25, 0.3) is 0 Å². The highest BCUT2D eigenvalue weighted by Gasteiger charge is 2.23. The first kappa shape index (κ1) is 17.8. The van der Waals surface area contributed by atoms with Gasteiger partial charge < -0.3 is 10.1 Å². The van der Waals surface area contributed by atoms with E-state index in [1.807, 2.05) is 6.92 Å². The van der Waals surface area contributed by atoms with Gasteiger partial charge in [-0.3, -0.25) is 4.79 Å². The lowest BCUT2D eigenvalue weighted by atomic mass is 10.4. The molecule has 1 heterocycles. The summed E-state index contributed by atoms with van der Waals surface area (Å²) in [7, 11) is -2.21. The molecular weight excluding hydrogens is 312 g/mol. The standard InChI is InChI=1S/C13H20N2O4S2/c1-11(2)10-19-7-6-14-12(16)9-15(3)21(17,18)13-5-4-8-20-13/h4-5,8H,1,6-7,9-10H2,2-3H3,(H,14,16). The van der Waals surface area contributed by atoms with Gasteiger partial charge >= 0.3 is 0 Å². The Morgan fingerprint density at radius 3 is 2.81 bits per heavy atom. The first-order valence-electron chi connectivity index (χ1n) is 6.32. The number of thiophene rings is 1. The van der Waals surface area contributed by atoms with E-state index in [-0.39, 0.29) is 16.7 Å². The van der Waals surface area contributed by atoms with Gasteiger partial charge in [0.05, 0.1) is 19.8 Å². The van der Waals surface area contributed by atoms with Gasteiger partial charge in [-0.25, -0.2) is 8.42 Å². The molecule has 0 aliphatic carbocycles. The number of amides is 1. The van der Waals surface area contributed by atoms with Crippen LogP contribution >= 0.6 is 11.3 Å². The third-order valence-electron chi connectivity index (χ3n) is 2.44. The van der Waals surface area contributed by atoms with Crippen LogP contribution in [0, 0.1) is 0 Å². The highest BCUT2D eigenvalue weighted by atomic mass is 32.2. The van der Waals surface area contributed by atoms with E-state index in [4.69, 9.17) is 4.74 Å². The lowest BCUT2D eigenvalue weighted by Crippen LogP contribution is -2.39. The van der Waals surface area contributed by atoms with Crippen LogP contribution in [-0.2, 0) is 19.6 Å². The SMILES string of the molecule is C=C(C)COCCNC(=O)CN(C)S(=O)(=O)c1cccs1. The van der Waals surface area contributed by atoms with Crippen molar-refractivity contribution in [2.24, 2.45) is 0 Å². The Hall–Kier alpha value is -1.22. The van der Waals surface area contributed by atoms with Crippen molar-refractivity contribution in [3.63, 3.8) is 0 Å². The second-order valence-electron chi connectivity index (χ2n) is 4.55. The monoisotopic (exact) mass is 332 g/mol. The third-order valence-corrected chi connectivity index (χ3v) is 5.62. The molecule has 1 aromatic heterocycles. The zero-order valence-corrected chi connectivity index (χ0v) is 13.8. The van der Waals surface area contributed by atoms with Gasteiger partial charge in [-0.05, 0) is 18.4 Å². The molecule has 0 unspecified atom stereocenters. The van der Waals surface area contributed by atoms with Crippen LogP contribution in [0.4, 0.5) is 0 Å². The lowest BCUT2D eigenvalue weighted by Gasteiger charge is -2.15. The van der Waals surface area contributed by atoms with Crippen molar-refractivity contribution >= 4 is 27.3 Å². The average Bonchev–Trinajstić information content (AvgIpc) is 2.92. The maximum Gasteiger partial charge on any atom is 0.252 e. The predicted molar refractivity (Wildman–Crippen MR) is 82.8 cm³/mol. The minimum atomic E-state index is -3.59. The van der Waals surface area contributed by atoms with Crippen LogP contribution in [0.2, 0.25) is 0 Å². The Bertz CT molecular complexity index is 567. The van der Waals surface area contributed by atoms with Crippen molar-refractivity contribution in [3.05, 3.63) is 29.7 Å². The molecule has 118 valence electrons. The van der Waals surface area contributed by atoms with E-state index < -0.39 is 10.0 Å². The number of carbonyl (C=O) groups is 1. The van der Waals surface area contributed by atoms with Gasteiger partial charge in [0.25, 0.3) is 10.0 Å². The molecule has 0 fully saturated rings. The van der Waals surface area contributed by atoms with E-state index in [0.29, 0.717) is 19.8 Å². The maximum atomic E-state index is 12.1. The lowest BCUT2D eigenvalue weighted by molar-refractivity contribution is -0.121. The minimum Gasteiger partial charge on any atom is -0.375 e. The number of ether oxygens (including phenoxy) is 1. The molecule has 1 aromatic rings. The molecule has 0 saturated heterocycles. The Labute approximate surface area is 129 Å². The second kappa shape index (κ2) is 8.28. The highest BCUT2D eigenvalue weighted by Crippen LogP contribution is 2.19. The van der Waals surface area contributed by atoms with Gasteiger partial charge in [-0.1, -0.05) is 18.2 Å². The number of rotatable bonds is 9. The van der Waals surface area contributed by atoms with Gasteiger partial charge in [-0.2, -0.15) is 4.31 Å². The average molecular weight is 332 g/mol. The fraction of sp³-hybridized carbons (Fsp3) is 0.462. The minimum absolute atomic E-state index is 0.222. The van der Waals surface area contributed by atoms with Crippen LogP contribution in [0.15, 0.2) is 33.9 Å². The number of hydrogen-bond donors (Lipinski definition) is 1. The fourth-order valence-corrected chi connectivity index (χ4v) is 3.74. The van der Waals surface area contributed by atoms with E-state index in [2.05, 4.69) is 11.9 Å². The number of nitrogens with zero attached hydrogens (tertiary/aromatic N) is 1. The molecule has 21 heavy (non-hydrogen) atoms. The molecule has 1 N–H and O–H groups in total. The number of nitrogens with one attached hydrogen (secondary N) is 1. The van der Waals surface area contributed by atoms with E-state index >= 15 is 0 Å². The van der Waals surface area contributed by atoms with Crippen LogP contribution in [0.1, 0.15) is 6.92 Å². The second-order valence-corrected chi connectivity index (χ2v) is 7.77. The quantitative estimate of drug-likeness (QED) is 0.542. The van der Waals surface area contributed by atoms with Gasteiger partial charge in [0.1, 0.15) is 4.21 Å². The van der Waals surface area contributed by atoms with Crippen LogP contribution < -0.4 is 5.32 Å². The molecule has 0 spiro atoms. The molecule has 0 radical (unpaired) electrons. The van der Waals surface area contributed by atoms with Crippen LogP contribution in [-0.4, -0.2) is 52.0 Å². The fourth-order valence-electron chi connectivity index (χ4n) is 1.42. The van der Waals surface area contributed by atoms with E-state index in [1.54, 1.807) is 11.4 Å². The Morgan fingerprint density at radius 2 is 2.24 bits per heavy atom. The number of carbonyl (C=O) groups excluding carboxylic acids is 1. The normalized spacial score (nSPS) is 11.6. The van der Waals surface area contributed by atoms with Gasteiger partial charge in [-0.15, -0.1) is 11.3 Å². The first-order valence-corrected chi connectivity index (χ1v) is 8.64. The molecule has 0 aliphatic rings. The summed E-state index contributed by atoms with van der Waals surface area (Å²) < 4.78 is 30.7. The van der Waals surface area contributed by atoms with Crippen molar-refractivity contribution in [2.75, 3.05) is 33.4 Å². The molecule has 0 aliphatic heterocycles. The summed E-state index contributed by atoms with van der Waals surface area (Å²) in [5.41, 5.74) is 0.906. The molecule has 1 rings (SSSR count). The summed E-state index contributed by atoms with van der Waals surface area (Å²) in [5, 5.41) is 4.29. The molecule has 1 amide bonds. The Balaban J connectivity index is 2.36. The third kappa shape index (κ3) is 5.96. The van der Waals surface area contributed by atoms with Crippen molar-refractivity contribution in [3.8, 4) is 0 Å². The van der Waals surface area contributed by atoms with Crippen LogP contribution in [0.5, 0.6) is 0 Å². The van der Waals surface area contributed by atoms with E-state index in [1.165, 1.54) is 13.1 Å². The molecule has 6 nitrogen and oxygen atoms in total. The zero-order chi connectivity index (χ0) is 15.9.